The lowest BCUT2D eigenvalue weighted by atomic mass is 10.1. The van der Waals surface area contributed by atoms with Gasteiger partial charge in [-0.05, 0) is 55.3 Å². The zero-order valence-corrected chi connectivity index (χ0v) is 14.1. The van der Waals surface area contributed by atoms with Crippen molar-refractivity contribution in [2.45, 2.75) is 27.2 Å². The predicted octanol–water partition coefficient (Wildman–Crippen LogP) is 3.82. The van der Waals surface area contributed by atoms with Crippen LogP contribution in [0.2, 0.25) is 0 Å². The summed E-state index contributed by atoms with van der Waals surface area (Å²) < 4.78 is 12.9. The highest BCUT2D eigenvalue weighted by Crippen LogP contribution is 2.23. The molecule has 0 spiro atoms. The second-order valence-electron chi connectivity index (χ2n) is 5.69. The van der Waals surface area contributed by atoms with Gasteiger partial charge in [-0.3, -0.25) is 9.59 Å². The van der Waals surface area contributed by atoms with Gasteiger partial charge in [0, 0.05) is 31.3 Å². The van der Waals surface area contributed by atoms with Crippen molar-refractivity contribution in [1.29, 1.82) is 0 Å². The van der Waals surface area contributed by atoms with Gasteiger partial charge in [0.2, 0.25) is 11.8 Å². The quantitative estimate of drug-likeness (QED) is 0.907. The number of nitrogens with zero attached hydrogens (tertiary/aromatic N) is 1. The number of anilines is 2. The van der Waals surface area contributed by atoms with Crippen molar-refractivity contribution in [3.63, 3.8) is 0 Å². The molecular weight excluding hydrogens is 307 g/mol. The Hall–Kier alpha value is -2.69. The molecule has 126 valence electrons. The summed E-state index contributed by atoms with van der Waals surface area (Å²) in [5.41, 5.74) is 3.46. The smallest absolute Gasteiger partial charge is 0.226 e. The Balaban J connectivity index is 2.03. The van der Waals surface area contributed by atoms with E-state index in [1.807, 2.05) is 32.0 Å². The maximum Gasteiger partial charge on any atom is 0.226 e. The molecule has 0 atom stereocenters. The van der Waals surface area contributed by atoms with Gasteiger partial charge in [-0.25, -0.2) is 4.39 Å². The molecule has 0 saturated heterocycles. The molecule has 2 aromatic carbocycles. The fraction of sp³-hybridized carbons (Fsp3) is 0.263. The lowest BCUT2D eigenvalue weighted by molar-refractivity contribution is -0.117. The number of amides is 2. The summed E-state index contributed by atoms with van der Waals surface area (Å²) in [4.78, 5) is 25.6. The van der Waals surface area contributed by atoms with Crippen LogP contribution in [0.4, 0.5) is 15.8 Å². The number of hydrogen-bond acceptors (Lipinski definition) is 2. The third kappa shape index (κ3) is 4.41. The fourth-order valence-electron chi connectivity index (χ4n) is 2.45. The van der Waals surface area contributed by atoms with Gasteiger partial charge in [-0.1, -0.05) is 12.1 Å². The van der Waals surface area contributed by atoms with Crippen molar-refractivity contribution in [1.82, 2.24) is 0 Å². The summed E-state index contributed by atoms with van der Waals surface area (Å²) in [7, 11) is 0. The minimum atomic E-state index is -0.356. The topological polar surface area (TPSA) is 49.4 Å². The van der Waals surface area contributed by atoms with E-state index >= 15 is 0 Å². The first-order chi connectivity index (χ1) is 11.4. The number of nitrogens with one attached hydrogen (secondary N) is 1. The number of rotatable bonds is 5. The zero-order valence-electron chi connectivity index (χ0n) is 14.1. The van der Waals surface area contributed by atoms with Gasteiger partial charge in [-0.15, -0.1) is 0 Å². The summed E-state index contributed by atoms with van der Waals surface area (Å²) in [5.74, 6) is -0.692. The fourth-order valence-corrected chi connectivity index (χ4v) is 2.45. The van der Waals surface area contributed by atoms with Crippen LogP contribution in [0, 0.1) is 19.7 Å². The number of hydrogen-bond donors (Lipinski definition) is 1. The molecule has 0 radical (unpaired) electrons. The van der Waals surface area contributed by atoms with Crippen LogP contribution in [0.5, 0.6) is 0 Å². The molecule has 0 aliphatic carbocycles. The van der Waals surface area contributed by atoms with Crippen LogP contribution < -0.4 is 10.2 Å². The number of halogens is 1. The minimum Gasteiger partial charge on any atom is -0.326 e. The van der Waals surface area contributed by atoms with Crippen molar-refractivity contribution in [3.8, 4) is 0 Å². The molecule has 2 rings (SSSR count). The average Bonchev–Trinajstić information content (AvgIpc) is 2.53. The molecule has 2 aromatic rings. The van der Waals surface area contributed by atoms with Crippen molar-refractivity contribution in [2.24, 2.45) is 0 Å². The Bertz CT molecular complexity index is 742. The maximum absolute atomic E-state index is 12.9. The Labute approximate surface area is 141 Å². The summed E-state index contributed by atoms with van der Waals surface area (Å²) in [6.45, 7) is 5.71. The molecule has 0 aromatic heterocycles. The van der Waals surface area contributed by atoms with Crippen molar-refractivity contribution in [2.75, 3.05) is 16.8 Å². The Morgan fingerprint density at radius 3 is 2.38 bits per heavy atom. The number of carbonyl (C=O) groups excluding carboxylic acids is 2. The van der Waals surface area contributed by atoms with Crippen LogP contribution >= 0.6 is 0 Å². The zero-order chi connectivity index (χ0) is 17.7. The van der Waals surface area contributed by atoms with Gasteiger partial charge >= 0.3 is 0 Å². The molecule has 0 unspecified atom stereocenters. The van der Waals surface area contributed by atoms with E-state index in [9.17, 15) is 14.0 Å². The monoisotopic (exact) mass is 328 g/mol. The summed E-state index contributed by atoms with van der Waals surface area (Å²) >= 11 is 0. The largest absolute Gasteiger partial charge is 0.326 e. The van der Waals surface area contributed by atoms with Crippen LogP contribution in [0.3, 0.4) is 0 Å². The van der Waals surface area contributed by atoms with E-state index in [1.54, 1.807) is 4.90 Å². The summed E-state index contributed by atoms with van der Waals surface area (Å²) in [6.07, 6.45) is 0.157. The van der Waals surface area contributed by atoms with Crippen LogP contribution in [0.15, 0.2) is 42.5 Å². The summed E-state index contributed by atoms with van der Waals surface area (Å²) in [5, 5.41) is 2.70. The van der Waals surface area contributed by atoms with Gasteiger partial charge in [0.15, 0.2) is 0 Å². The van der Waals surface area contributed by atoms with E-state index in [0.717, 1.165) is 16.8 Å². The molecule has 1 N–H and O–H groups in total. The highest BCUT2D eigenvalue weighted by atomic mass is 19.1. The highest BCUT2D eigenvalue weighted by Gasteiger charge is 2.16. The average molecular weight is 328 g/mol. The van der Waals surface area contributed by atoms with Gasteiger partial charge in [-0.2, -0.15) is 0 Å². The van der Waals surface area contributed by atoms with E-state index in [4.69, 9.17) is 0 Å². The molecule has 0 aliphatic heterocycles. The first-order valence-electron chi connectivity index (χ1n) is 7.78. The molecule has 2 amide bonds. The number of benzene rings is 2. The third-order valence-corrected chi connectivity index (χ3v) is 3.94. The molecule has 0 heterocycles. The van der Waals surface area contributed by atoms with E-state index in [0.29, 0.717) is 5.69 Å². The molecule has 4 nitrogen and oxygen atoms in total. The normalized spacial score (nSPS) is 10.3. The van der Waals surface area contributed by atoms with Crippen LogP contribution in [-0.2, 0) is 9.59 Å². The van der Waals surface area contributed by atoms with Gasteiger partial charge in [0.05, 0.1) is 0 Å². The van der Waals surface area contributed by atoms with E-state index < -0.39 is 0 Å². The highest BCUT2D eigenvalue weighted by molar-refractivity contribution is 5.95. The Kier molecular flexibility index (Phi) is 5.68. The third-order valence-electron chi connectivity index (χ3n) is 3.94. The molecule has 24 heavy (non-hydrogen) atoms. The predicted molar refractivity (Wildman–Crippen MR) is 93.6 cm³/mol. The van der Waals surface area contributed by atoms with Crippen LogP contribution in [0.25, 0.3) is 0 Å². The molecule has 0 aliphatic rings. The van der Waals surface area contributed by atoms with Gasteiger partial charge in [0.1, 0.15) is 5.82 Å². The molecule has 0 bridgehead atoms. The first-order valence-corrected chi connectivity index (χ1v) is 7.78. The minimum absolute atomic E-state index is 0.113. The van der Waals surface area contributed by atoms with Crippen molar-refractivity contribution < 1.29 is 14.0 Å². The van der Waals surface area contributed by atoms with Crippen LogP contribution in [0.1, 0.15) is 24.5 Å². The van der Waals surface area contributed by atoms with Gasteiger partial charge in [0.25, 0.3) is 0 Å². The second-order valence-corrected chi connectivity index (χ2v) is 5.69. The van der Waals surface area contributed by atoms with E-state index in [2.05, 4.69) is 5.32 Å². The molecule has 0 saturated carbocycles. The molecular formula is C19H21FN2O2. The lowest BCUT2D eigenvalue weighted by Crippen LogP contribution is -2.32. The number of aryl methyl sites for hydroxylation is 1. The van der Waals surface area contributed by atoms with Crippen molar-refractivity contribution in [3.05, 3.63) is 59.4 Å². The lowest BCUT2D eigenvalue weighted by Gasteiger charge is -2.23. The number of carbonyl (C=O) groups is 2. The second kappa shape index (κ2) is 7.73. The molecule has 0 fully saturated rings. The molecule has 5 heteroatoms. The van der Waals surface area contributed by atoms with Crippen molar-refractivity contribution >= 4 is 23.2 Å². The first kappa shape index (κ1) is 17.7. The van der Waals surface area contributed by atoms with E-state index in [-0.39, 0.29) is 30.6 Å². The Morgan fingerprint density at radius 2 is 1.75 bits per heavy atom. The van der Waals surface area contributed by atoms with Gasteiger partial charge < -0.3 is 10.2 Å². The standard InChI is InChI=1S/C19H21FN2O2/c1-13-5-4-6-18(14(13)2)22(15(3)23)12-11-19(24)21-17-9-7-16(20)8-10-17/h4-10H,11-12H2,1-3H3,(H,21,24). The summed E-state index contributed by atoms with van der Waals surface area (Å²) in [6, 6.07) is 11.3. The van der Waals surface area contributed by atoms with Crippen LogP contribution in [-0.4, -0.2) is 18.4 Å². The maximum atomic E-state index is 12.9. The van der Waals surface area contributed by atoms with E-state index in [1.165, 1.54) is 31.2 Å². The Morgan fingerprint density at radius 1 is 1.08 bits per heavy atom. The SMILES string of the molecule is CC(=O)N(CCC(=O)Nc1ccc(F)cc1)c1cccc(C)c1C.